The van der Waals surface area contributed by atoms with Gasteiger partial charge < -0.3 is 5.32 Å². The number of hydrogen-bond donors (Lipinski definition) is 1. The molecule has 0 aliphatic rings. The van der Waals surface area contributed by atoms with E-state index in [2.05, 4.69) is 5.32 Å². The monoisotopic (exact) mass is 434 g/mol. The molecular formula is C17H17Cl3N2O3S. The number of sulfonamides is 1. The van der Waals surface area contributed by atoms with Crippen LogP contribution in [0.1, 0.15) is 13.3 Å². The molecule has 0 heterocycles. The first-order chi connectivity index (χ1) is 12.1. The topological polar surface area (TPSA) is 66.5 Å². The van der Waals surface area contributed by atoms with Crippen LogP contribution in [-0.2, 0) is 14.8 Å². The first-order valence-corrected chi connectivity index (χ1v) is 10.6. The fraction of sp³-hybridized carbons (Fsp3) is 0.235. The number of halogens is 3. The molecule has 9 heteroatoms. The smallest absolute Gasteiger partial charge is 0.248 e. The van der Waals surface area contributed by atoms with E-state index in [-0.39, 0.29) is 17.1 Å². The minimum Gasteiger partial charge on any atom is -0.323 e. The van der Waals surface area contributed by atoms with E-state index in [0.717, 1.165) is 10.6 Å². The Morgan fingerprint density at radius 3 is 2.35 bits per heavy atom. The Labute approximate surface area is 167 Å². The van der Waals surface area contributed by atoms with Crippen LogP contribution >= 0.6 is 34.8 Å². The average Bonchev–Trinajstić information content (AvgIpc) is 2.56. The summed E-state index contributed by atoms with van der Waals surface area (Å²) in [6.07, 6.45) is 1.22. The van der Waals surface area contributed by atoms with Gasteiger partial charge in [0, 0.05) is 5.02 Å². The summed E-state index contributed by atoms with van der Waals surface area (Å²) in [5.74, 6) is -0.526. The van der Waals surface area contributed by atoms with Crippen molar-refractivity contribution >= 4 is 62.1 Å². The molecule has 2 rings (SSSR count). The normalized spacial score (nSPS) is 12.5. The predicted octanol–water partition coefficient (Wildman–Crippen LogP) is 4.83. The summed E-state index contributed by atoms with van der Waals surface area (Å²) in [6.45, 7) is 1.70. The van der Waals surface area contributed by atoms with Crippen molar-refractivity contribution in [1.82, 2.24) is 0 Å². The zero-order chi connectivity index (χ0) is 19.5. The van der Waals surface area contributed by atoms with Gasteiger partial charge in [-0.05, 0) is 36.8 Å². The molecular weight excluding hydrogens is 419 g/mol. The Hall–Kier alpha value is -1.47. The first-order valence-electron chi connectivity index (χ1n) is 7.65. The van der Waals surface area contributed by atoms with Crippen molar-refractivity contribution < 1.29 is 13.2 Å². The summed E-state index contributed by atoms with van der Waals surface area (Å²) < 4.78 is 25.9. The maximum atomic E-state index is 12.8. The van der Waals surface area contributed by atoms with E-state index in [1.807, 2.05) is 0 Å². The van der Waals surface area contributed by atoms with Gasteiger partial charge in [-0.2, -0.15) is 0 Å². The van der Waals surface area contributed by atoms with Crippen LogP contribution in [0.2, 0.25) is 15.1 Å². The third-order valence-corrected chi connectivity index (χ3v) is 5.66. The van der Waals surface area contributed by atoms with Crippen LogP contribution in [0.5, 0.6) is 0 Å². The summed E-state index contributed by atoms with van der Waals surface area (Å²) in [7, 11) is -3.82. The Morgan fingerprint density at radius 2 is 1.77 bits per heavy atom. The van der Waals surface area contributed by atoms with E-state index in [1.165, 1.54) is 12.1 Å². The molecule has 0 fully saturated rings. The van der Waals surface area contributed by atoms with Gasteiger partial charge >= 0.3 is 0 Å². The lowest BCUT2D eigenvalue weighted by molar-refractivity contribution is -0.117. The number of nitrogens with one attached hydrogen (secondary N) is 1. The molecule has 0 aliphatic carbocycles. The van der Waals surface area contributed by atoms with Crippen molar-refractivity contribution in [3.8, 4) is 0 Å². The number of carbonyl (C=O) groups excluding carboxylic acids is 1. The average molecular weight is 436 g/mol. The number of benzene rings is 2. The van der Waals surface area contributed by atoms with Gasteiger partial charge in [-0.15, -0.1) is 0 Å². The number of hydrogen-bond acceptors (Lipinski definition) is 3. The Bertz CT molecular complexity index is 919. The van der Waals surface area contributed by atoms with Crippen molar-refractivity contribution in [1.29, 1.82) is 0 Å². The van der Waals surface area contributed by atoms with Gasteiger partial charge in [-0.3, -0.25) is 9.10 Å². The van der Waals surface area contributed by atoms with Crippen LogP contribution in [0, 0.1) is 0 Å². The van der Waals surface area contributed by atoms with E-state index in [0.29, 0.717) is 15.7 Å². The predicted molar refractivity (Wildman–Crippen MR) is 108 cm³/mol. The molecule has 0 aliphatic heterocycles. The minimum absolute atomic E-state index is 0.142. The van der Waals surface area contributed by atoms with Crippen LogP contribution in [0.3, 0.4) is 0 Å². The van der Waals surface area contributed by atoms with Crippen molar-refractivity contribution in [2.75, 3.05) is 15.9 Å². The zero-order valence-corrected chi connectivity index (χ0v) is 17.1. The third kappa shape index (κ3) is 4.82. The highest BCUT2D eigenvalue weighted by molar-refractivity contribution is 7.92. The maximum absolute atomic E-state index is 12.8. The lowest BCUT2D eigenvalue weighted by Gasteiger charge is -2.30. The van der Waals surface area contributed by atoms with Gasteiger partial charge in [-0.25, -0.2) is 8.42 Å². The van der Waals surface area contributed by atoms with Crippen LogP contribution in [0.4, 0.5) is 11.4 Å². The second-order valence-corrected chi connectivity index (χ2v) is 8.66. The quantitative estimate of drug-likeness (QED) is 0.706. The Kier molecular flexibility index (Phi) is 6.80. The van der Waals surface area contributed by atoms with E-state index < -0.39 is 22.0 Å². The molecule has 0 spiro atoms. The summed E-state index contributed by atoms with van der Waals surface area (Å²) >= 11 is 18.2. The molecule has 2 aromatic carbocycles. The van der Waals surface area contributed by atoms with E-state index in [1.54, 1.807) is 37.3 Å². The summed E-state index contributed by atoms with van der Waals surface area (Å²) in [4.78, 5) is 12.8. The number of rotatable bonds is 6. The minimum atomic E-state index is -3.82. The molecule has 140 valence electrons. The van der Waals surface area contributed by atoms with Gasteiger partial charge in [0.2, 0.25) is 15.9 Å². The molecule has 0 saturated carbocycles. The molecule has 0 radical (unpaired) electrons. The molecule has 0 bridgehead atoms. The summed E-state index contributed by atoms with van der Waals surface area (Å²) in [6, 6.07) is 10.1. The SMILES string of the molecule is CCC(C(=O)Nc1ccccc1Cl)N(c1cc(Cl)ccc1Cl)S(C)(=O)=O. The van der Waals surface area contributed by atoms with Crippen LogP contribution < -0.4 is 9.62 Å². The van der Waals surface area contributed by atoms with Crippen LogP contribution in [-0.4, -0.2) is 26.6 Å². The molecule has 1 N–H and O–H groups in total. The number of carbonyl (C=O) groups is 1. The molecule has 0 aromatic heterocycles. The zero-order valence-electron chi connectivity index (χ0n) is 14.0. The first kappa shape index (κ1) is 20.8. The van der Waals surface area contributed by atoms with E-state index in [4.69, 9.17) is 34.8 Å². The highest BCUT2D eigenvalue weighted by Crippen LogP contribution is 2.33. The Morgan fingerprint density at radius 1 is 1.12 bits per heavy atom. The molecule has 1 amide bonds. The van der Waals surface area contributed by atoms with Crippen molar-refractivity contribution in [2.45, 2.75) is 19.4 Å². The Balaban J connectivity index is 2.47. The van der Waals surface area contributed by atoms with Crippen LogP contribution in [0.25, 0.3) is 0 Å². The van der Waals surface area contributed by atoms with Crippen molar-refractivity contribution in [3.05, 3.63) is 57.5 Å². The number of para-hydroxylation sites is 1. The van der Waals surface area contributed by atoms with Gasteiger partial charge in [0.1, 0.15) is 6.04 Å². The second kappa shape index (κ2) is 8.48. The van der Waals surface area contributed by atoms with E-state index in [9.17, 15) is 13.2 Å². The number of amides is 1. The van der Waals surface area contributed by atoms with Gasteiger partial charge in [0.15, 0.2) is 0 Å². The molecule has 1 unspecified atom stereocenters. The lowest BCUT2D eigenvalue weighted by Crippen LogP contribution is -2.47. The number of anilines is 2. The van der Waals surface area contributed by atoms with Crippen LogP contribution in [0.15, 0.2) is 42.5 Å². The largest absolute Gasteiger partial charge is 0.323 e. The molecule has 26 heavy (non-hydrogen) atoms. The van der Waals surface area contributed by atoms with E-state index >= 15 is 0 Å². The highest BCUT2D eigenvalue weighted by Gasteiger charge is 2.33. The van der Waals surface area contributed by atoms with Gasteiger partial charge in [-0.1, -0.05) is 53.9 Å². The van der Waals surface area contributed by atoms with Crippen molar-refractivity contribution in [2.24, 2.45) is 0 Å². The number of nitrogens with zero attached hydrogens (tertiary/aromatic N) is 1. The fourth-order valence-corrected chi connectivity index (χ4v) is 4.29. The highest BCUT2D eigenvalue weighted by atomic mass is 35.5. The lowest BCUT2D eigenvalue weighted by atomic mass is 10.1. The summed E-state index contributed by atoms with van der Waals surface area (Å²) in [5.41, 5.74) is 0.533. The van der Waals surface area contributed by atoms with Gasteiger partial charge in [0.25, 0.3) is 0 Å². The van der Waals surface area contributed by atoms with Crippen molar-refractivity contribution in [3.63, 3.8) is 0 Å². The van der Waals surface area contributed by atoms with Gasteiger partial charge in [0.05, 0.1) is 27.7 Å². The maximum Gasteiger partial charge on any atom is 0.248 e. The molecule has 2 aromatic rings. The fourth-order valence-electron chi connectivity index (χ4n) is 2.47. The third-order valence-electron chi connectivity index (χ3n) is 3.61. The molecule has 0 saturated heterocycles. The second-order valence-electron chi connectivity index (χ2n) is 5.55. The summed E-state index contributed by atoms with van der Waals surface area (Å²) in [5, 5.41) is 3.49. The molecule has 5 nitrogen and oxygen atoms in total. The standard InChI is InChI=1S/C17H17Cl3N2O3S/c1-3-15(17(23)21-14-7-5-4-6-12(14)19)22(26(2,24)25)16-10-11(18)8-9-13(16)20/h4-10,15H,3H2,1-2H3,(H,21,23). The molecule has 1 atom stereocenters.